The van der Waals surface area contributed by atoms with Gasteiger partial charge in [0.1, 0.15) is 5.82 Å². The summed E-state index contributed by atoms with van der Waals surface area (Å²) < 4.78 is 13.2. The van der Waals surface area contributed by atoms with Gasteiger partial charge in [-0.2, -0.15) is 0 Å². The molecule has 0 aromatic heterocycles. The summed E-state index contributed by atoms with van der Waals surface area (Å²) in [6.45, 7) is 1.10. The smallest absolute Gasteiger partial charge is 0.176 e. The van der Waals surface area contributed by atoms with Gasteiger partial charge < -0.3 is 5.11 Å². The second-order valence-corrected chi connectivity index (χ2v) is 4.85. The van der Waals surface area contributed by atoms with E-state index in [0.717, 1.165) is 5.56 Å². The summed E-state index contributed by atoms with van der Waals surface area (Å²) >= 11 is 0. The molecule has 3 nitrogen and oxygen atoms in total. The zero-order valence-corrected chi connectivity index (χ0v) is 11.7. The molecule has 21 heavy (non-hydrogen) atoms. The monoisotopic (exact) mass is 287 g/mol. The number of rotatable bonds is 7. The molecule has 0 aliphatic carbocycles. The van der Waals surface area contributed by atoms with Crippen molar-refractivity contribution in [2.45, 2.75) is 6.54 Å². The van der Waals surface area contributed by atoms with E-state index in [-0.39, 0.29) is 18.9 Å². The van der Waals surface area contributed by atoms with Crippen molar-refractivity contribution in [2.75, 3.05) is 19.7 Å². The lowest BCUT2D eigenvalue weighted by Gasteiger charge is -2.20. The molecule has 110 valence electrons. The summed E-state index contributed by atoms with van der Waals surface area (Å²) in [5.41, 5.74) is 1.42. The molecule has 0 saturated heterocycles. The van der Waals surface area contributed by atoms with Crippen LogP contribution in [-0.4, -0.2) is 35.5 Å². The number of ketones is 1. The Morgan fingerprint density at radius 2 is 1.86 bits per heavy atom. The summed E-state index contributed by atoms with van der Waals surface area (Å²) in [5.74, 6) is -0.573. The Bertz CT molecular complexity index is 586. The maximum absolute atomic E-state index is 13.2. The van der Waals surface area contributed by atoms with Crippen LogP contribution in [0.4, 0.5) is 4.39 Å². The SMILES string of the molecule is O=C(CN(CCO)Cc1ccccc1)c1cccc(F)c1. The number of hydrogen-bond acceptors (Lipinski definition) is 3. The number of nitrogens with zero attached hydrogens (tertiary/aromatic N) is 1. The quantitative estimate of drug-likeness (QED) is 0.795. The summed E-state index contributed by atoms with van der Waals surface area (Å²) in [6.07, 6.45) is 0. The van der Waals surface area contributed by atoms with Gasteiger partial charge in [-0.3, -0.25) is 9.69 Å². The number of carbonyl (C=O) groups excluding carboxylic acids is 1. The normalized spacial score (nSPS) is 10.8. The number of carbonyl (C=O) groups is 1. The molecule has 0 unspecified atom stereocenters. The standard InChI is InChI=1S/C17H18FNO2/c18-16-8-4-7-15(11-16)17(21)13-19(9-10-20)12-14-5-2-1-3-6-14/h1-8,11,20H,9-10,12-13H2. The predicted octanol–water partition coefficient (Wildman–Crippen LogP) is 2.50. The van der Waals surface area contributed by atoms with Crippen LogP contribution in [0.15, 0.2) is 54.6 Å². The molecule has 0 spiro atoms. The predicted molar refractivity (Wildman–Crippen MR) is 79.5 cm³/mol. The van der Waals surface area contributed by atoms with E-state index in [4.69, 9.17) is 5.11 Å². The fourth-order valence-corrected chi connectivity index (χ4v) is 2.15. The Balaban J connectivity index is 2.04. The summed E-state index contributed by atoms with van der Waals surface area (Å²) in [6, 6.07) is 15.4. The van der Waals surface area contributed by atoms with Crippen LogP contribution in [0, 0.1) is 5.82 Å². The van der Waals surface area contributed by atoms with Crippen LogP contribution in [0.5, 0.6) is 0 Å². The Hall–Kier alpha value is -2.04. The third kappa shape index (κ3) is 4.77. The Kier molecular flexibility index (Phi) is 5.60. The van der Waals surface area contributed by atoms with E-state index in [9.17, 15) is 9.18 Å². The largest absolute Gasteiger partial charge is 0.395 e. The molecule has 0 bridgehead atoms. The van der Waals surface area contributed by atoms with E-state index in [1.807, 2.05) is 35.2 Å². The number of hydrogen-bond donors (Lipinski definition) is 1. The Morgan fingerprint density at radius 3 is 2.52 bits per heavy atom. The van der Waals surface area contributed by atoms with Gasteiger partial charge in [0.25, 0.3) is 0 Å². The van der Waals surface area contributed by atoms with Gasteiger partial charge in [0.05, 0.1) is 13.2 Å². The van der Waals surface area contributed by atoms with E-state index < -0.39 is 5.82 Å². The van der Waals surface area contributed by atoms with Crippen LogP contribution in [0.25, 0.3) is 0 Å². The number of Topliss-reactive ketones (excluding diaryl/α,β-unsaturated/α-hetero) is 1. The minimum Gasteiger partial charge on any atom is -0.395 e. The van der Waals surface area contributed by atoms with Crippen LogP contribution in [-0.2, 0) is 6.54 Å². The van der Waals surface area contributed by atoms with Crippen LogP contribution in [0.3, 0.4) is 0 Å². The minimum atomic E-state index is -0.419. The molecule has 2 aromatic carbocycles. The van der Waals surface area contributed by atoms with Gasteiger partial charge in [0.15, 0.2) is 5.78 Å². The first-order valence-electron chi connectivity index (χ1n) is 6.85. The minimum absolute atomic E-state index is 0.0245. The highest BCUT2D eigenvalue weighted by molar-refractivity contribution is 5.97. The molecule has 0 saturated carbocycles. The van der Waals surface area contributed by atoms with Gasteiger partial charge in [-0.1, -0.05) is 42.5 Å². The topological polar surface area (TPSA) is 40.5 Å². The number of aliphatic hydroxyl groups excluding tert-OH is 1. The molecule has 0 amide bonds. The highest BCUT2D eigenvalue weighted by Crippen LogP contribution is 2.08. The maximum Gasteiger partial charge on any atom is 0.176 e. The van der Waals surface area contributed by atoms with Crippen molar-refractivity contribution in [1.82, 2.24) is 4.90 Å². The lowest BCUT2D eigenvalue weighted by atomic mass is 10.1. The van der Waals surface area contributed by atoms with E-state index in [1.165, 1.54) is 18.2 Å². The number of aliphatic hydroxyl groups is 1. The highest BCUT2D eigenvalue weighted by atomic mass is 19.1. The van der Waals surface area contributed by atoms with Crippen molar-refractivity contribution >= 4 is 5.78 Å². The van der Waals surface area contributed by atoms with Gasteiger partial charge in [-0.05, 0) is 17.7 Å². The lowest BCUT2D eigenvalue weighted by molar-refractivity contribution is 0.0908. The zero-order chi connectivity index (χ0) is 15.1. The second kappa shape index (κ2) is 7.67. The van der Waals surface area contributed by atoms with Crippen LogP contribution in [0.2, 0.25) is 0 Å². The third-order valence-corrected chi connectivity index (χ3v) is 3.18. The van der Waals surface area contributed by atoms with Crippen molar-refractivity contribution < 1.29 is 14.3 Å². The average Bonchev–Trinajstić information content (AvgIpc) is 2.48. The van der Waals surface area contributed by atoms with Crippen LogP contribution in [0.1, 0.15) is 15.9 Å². The van der Waals surface area contributed by atoms with Crippen molar-refractivity contribution in [3.05, 3.63) is 71.5 Å². The average molecular weight is 287 g/mol. The summed E-state index contributed by atoms with van der Waals surface area (Å²) in [5, 5.41) is 9.13. The lowest BCUT2D eigenvalue weighted by Crippen LogP contribution is -2.32. The van der Waals surface area contributed by atoms with Crippen LogP contribution >= 0.6 is 0 Å². The fraction of sp³-hybridized carbons (Fsp3) is 0.235. The van der Waals surface area contributed by atoms with Gasteiger partial charge in [0, 0.05) is 18.7 Å². The third-order valence-electron chi connectivity index (χ3n) is 3.18. The molecular weight excluding hydrogens is 269 g/mol. The molecular formula is C17H18FNO2. The molecule has 4 heteroatoms. The molecule has 0 aliphatic rings. The maximum atomic E-state index is 13.2. The van der Waals surface area contributed by atoms with Crippen molar-refractivity contribution in [3.63, 3.8) is 0 Å². The van der Waals surface area contributed by atoms with Gasteiger partial charge in [-0.15, -0.1) is 0 Å². The van der Waals surface area contributed by atoms with Gasteiger partial charge >= 0.3 is 0 Å². The van der Waals surface area contributed by atoms with Gasteiger partial charge in [0.2, 0.25) is 0 Å². The number of benzene rings is 2. The summed E-state index contributed by atoms with van der Waals surface area (Å²) in [7, 11) is 0. The number of halogens is 1. The second-order valence-electron chi connectivity index (χ2n) is 4.85. The molecule has 0 radical (unpaired) electrons. The molecule has 2 rings (SSSR count). The first-order chi connectivity index (χ1) is 10.2. The highest BCUT2D eigenvalue weighted by Gasteiger charge is 2.13. The first-order valence-corrected chi connectivity index (χ1v) is 6.85. The molecule has 0 heterocycles. The van der Waals surface area contributed by atoms with Crippen molar-refractivity contribution in [2.24, 2.45) is 0 Å². The Labute approximate surface area is 123 Å². The molecule has 0 fully saturated rings. The van der Waals surface area contributed by atoms with E-state index in [0.29, 0.717) is 18.7 Å². The van der Waals surface area contributed by atoms with Crippen LogP contribution < -0.4 is 0 Å². The van der Waals surface area contributed by atoms with Crippen molar-refractivity contribution in [3.8, 4) is 0 Å². The zero-order valence-electron chi connectivity index (χ0n) is 11.7. The van der Waals surface area contributed by atoms with Gasteiger partial charge in [-0.25, -0.2) is 4.39 Å². The molecule has 0 atom stereocenters. The molecule has 0 aliphatic heterocycles. The van der Waals surface area contributed by atoms with E-state index >= 15 is 0 Å². The van der Waals surface area contributed by atoms with Crippen molar-refractivity contribution in [1.29, 1.82) is 0 Å². The van der Waals surface area contributed by atoms with E-state index in [2.05, 4.69) is 0 Å². The fourth-order valence-electron chi connectivity index (χ4n) is 2.15. The summed E-state index contributed by atoms with van der Waals surface area (Å²) in [4.78, 5) is 14.0. The molecule has 2 aromatic rings. The van der Waals surface area contributed by atoms with E-state index in [1.54, 1.807) is 6.07 Å². The molecule has 1 N–H and O–H groups in total. The Morgan fingerprint density at radius 1 is 1.10 bits per heavy atom. The first kappa shape index (κ1) is 15.4.